The smallest absolute Gasteiger partial charge is 0.338 e. The van der Waals surface area contributed by atoms with Crippen molar-refractivity contribution in [3.63, 3.8) is 0 Å². The summed E-state index contributed by atoms with van der Waals surface area (Å²) >= 11 is -1.26. The number of carbonyl (C=O) groups is 1. The number of anilines is 1. The molecule has 3 aliphatic heterocycles. The maximum atomic E-state index is 13.2. The number of hydrogen-bond acceptors (Lipinski definition) is 5. The Labute approximate surface area is 166 Å². The van der Waals surface area contributed by atoms with Gasteiger partial charge in [-0.25, -0.2) is 9.80 Å². The molecule has 3 heterocycles. The first-order valence-corrected chi connectivity index (χ1v) is 10.2. The second kappa shape index (κ2) is 6.29. The van der Waals surface area contributed by atoms with Crippen molar-refractivity contribution >= 4 is 22.8 Å². The summed E-state index contributed by atoms with van der Waals surface area (Å²) in [6.45, 7) is 0. The Bertz CT molecular complexity index is 1020. The summed E-state index contributed by atoms with van der Waals surface area (Å²) in [6.07, 6.45) is 15.4. The molecule has 6 heteroatoms. The van der Waals surface area contributed by atoms with Crippen molar-refractivity contribution in [1.29, 1.82) is 0 Å². The molecule has 0 fully saturated rings. The maximum Gasteiger partial charge on any atom is 0.338 e. The highest BCUT2D eigenvalue weighted by Crippen LogP contribution is 2.56. The molecule has 0 aromatic heterocycles. The Balaban J connectivity index is 1.80. The Morgan fingerprint density at radius 3 is 2.79 bits per heavy atom. The van der Waals surface area contributed by atoms with Gasteiger partial charge in [-0.1, -0.05) is 36.4 Å². The topological polar surface area (TPSA) is 55.8 Å². The summed E-state index contributed by atoms with van der Waals surface area (Å²) in [5.41, 5.74) is 2.43. The normalized spacial score (nSPS) is 29.4. The second-order valence-electron chi connectivity index (χ2n) is 6.83. The van der Waals surface area contributed by atoms with Crippen LogP contribution in [0.15, 0.2) is 101 Å². The van der Waals surface area contributed by atoms with E-state index in [-0.39, 0.29) is 0 Å². The number of hydrazine groups is 1. The lowest BCUT2D eigenvalue weighted by Crippen LogP contribution is -2.60. The molecule has 1 aliphatic carbocycles. The number of hydrogen-bond donors (Lipinski definition) is 0. The van der Waals surface area contributed by atoms with Gasteiger partial charge in [-0.15, -0.1) is 0 Å². The lowest BCUT2D eigenvalue weighted by atomic mass is 9.70. The molecule has 140 valence electrons. The van der Waals surface area contributed by atoms with Gasteiger partial charge in [0, 0.05) is 22.9 Å². The van der Waals surface area contributed by atoms with Crippen LogP contribution in [0.4, 0.5) is 5.69 Å². The number of allylic oxidation sites excluding steroid dienone is 5. The molecule has 4 aliphatic rings. The zero-order chi connectivity index (χ0) is 19.3. The first-order valence-electron chi connectivity index (χ1n) is 8.97. The Hall–Kier alpha value is -2.96. The fourth-order valence-electron chi connectivity index (χ4n) is 4.29. The van der Waals surface area contributed by atoms with E-state index in [1.807, 2.05) is 78.0 Å². The highest BCUT2D eigenvalue weighted by atomic mass is 32.2. The number of rotatable bonds is 2. The monoisotopic (exact) mass is 390 g/mol. The van der Waals surface area contributed by atoms with Gasteiger partial charge in [0.1, 0.15) is 10.8 Å². The maximum absolute atomic E-state index is 13.2. The summed E-state index contributed by atoms with van der Waals surface area (Å²) in [4.78, 5) is 12.6. The Morgan fingerprint density at radius 2 is 2.00 bits per heavy atom. The van der Waals surface area contributed by atoms with Crippen molar-refractivity contribution < 1.29 is 14.1 Å². The summed E-state index contributed by atoms with van der Waals surface area (Å²) in [7, 11) is 1.38. The number of fused-ring (bicyclic) bond motifs is 1. The first kappa shape index (κ1) is 17.2. The highest BCUT2D eigenvalue weighted by Gasteiger charge is 2.60. The van der Waals surface area contributed by atoms with Crippen molar-refractivity contribution in [2.24, 2.45) is 5.41 Å². The van der Waals surface area contributed by atoms with Crippen LogP contribution in [0.5, 0.6) is 0 Å². The van der Waals surface area contributed by atoms with E-state index in [0.29, 0.717) is 5.57 Å². The molecule has 5 rings (SSSR count). The Morgan fingerprint density at radius 1 is 1.18 bits per heavy atom. The largest absolute Gasteiger partial charge is 0.610 e. The van der Waals surface area contributed by atoms with E-state index in [4.69, 9.17) is 4.74 Å². The molecule has 3 unspecified atom stereocenters. The second-order valence-corrected chi connectivity index (χ2v) is 8.21. The minimum Gasteiger partial charge on any atom is -0.610 e. The quantitative estimate of drug-likeness (QED) is 0.573. The number of ether oxygens (including phenoxy) is 1. The van der Waals surface area contributed by atoms with Crippen LogP contribution in [-0.2, 0) is 20.7 Å². The van der Waals surface area contributed by atoms with E-state index in [2.05, 4.69) is 5.01 Å². The molecule has 3 atom stereocenters. The minimum absolute atomic E-state index is 0.396. The molecular formula is C22H18N2O3S. The highest BCUT2D eigenvalue weighted by molar-refractivity contribution is 7.95. The summed E-state index contributed by atoms with van der Waals surface area (Å²) in [5.74, 6) is -0.396. The number of para-hydroxylation sites is 1. The Kier molecular flexibility index (Phi) is 3.86. The van der Waals surface area contributed by atoms with Gasteiger partial charge in [0.15, 0.2) is 0 Å². The third kappa shape index (κ3) is 2.22. The fourth-order valence-corrected chi connectivity index (χ4v) is 5.88. The summed E-state index contributed by atoms with van der Waals surface area (Å²) < 4.78 is 18.2. The third-order valence-corrected chi connectivity index (χ3v) is 6.85. The lowest BCUT2D eigenvalue weighted by molar-refractivity contribution is -0.135. The molecule has 5 nitrogen and oxygen atoms in total. The SMILES string of the molecule is COC(=O)C1=CC=CC23C=C[S+]([O-])C2N(c2ccccc2)N2C=CC=CC2=C13. The number of carbonyl (C=O) groups excluding carboxylic acids is 1. The number of esters is 1. The van der Waals surface area contributed by atoms with E-state index in [1.165, 1.54) is 7.11 Å². The van der Waals surface area contributed by atoms with Crippen molar-refractivity contribution in [2.75, 3.05) is 12.1 Å². The van der Waals surface area contributed by atoms with Crippen LogP contribution in [0, 0.1) is 5.41 Å². The van der Waals surface area contributed by atoms with Gasteiger partial charge < -0.3 is 9.29 Å². The molecular weight excluding hydrogens is 372 g/mol. The standard InChI is InChI=1S/C22H18N2O3S/c1-27-20(25)17-10-7-12-22-13-15-28(26)21(22)24(16-8-3-2-4-9-16)23-14-6-5-11-18(23)19(17)22/h2-15,21H,1H3. The molecule has 0 saturated carbocycles. The molecule has 0 amide bonds. The van der Waals surface area contributed by atoms with Crippen molar-refractivity contribution in [3.05, 3.63) is 101 Å². The number of benzene rings is 1. The number of nitrogens with zero attached hydrogens (tertiary/aromatic N) is 2. The van der Waals surface area contributed by atoms with E-state index >= 15 is 0 Å². The zero-order valence-electron chi connectivity index (χ0n) is 15.2. The molecule has 1 aromatic carbocycles. The van der Waals surface area contributed by atoms with Crippen molar-refractivity contribution in [3.8, 4) is 0 Å². The average Bonchev–Trinajstić information content (AvgIpc) is 3.07. The molecule has 0 saturated heterocycles. The van der Waals surface area contributed by atoms with Crippen LogP contribution in [0.3, 0.4) is 0 Å². The molecule has 1 spiro atoms. The predicted octanol–water partition coefficient (Wildman–Crippen LogP) is 3.32. The molecule has 28 heavy (non-hydrogen) atoms. The molecule has 1 aromatic rings. The van der Waals surface area contributed by atoms with Gasteiger partial charge >= 0.3 is 5.97 Å². The van der Waals surface area contributed by atoms with E-state index in [1.54, 1.807) is 11.5 Å². The molecule has 0 bridgehead atoms. The van der Waals surface area contributed by atoms with Gasteiger partial charge in [0.2, 0.25) is 5.37 Å². The van der Waals surface area contributed by atoms with E-state index < -0.39 is 27.9 Å². The van der Waals surface area contributed by atoms with Crippen LogP contribution in [-0.4, -0.2) is 28.0 Å². The summed E-state index contributed by atoms with van der Waals surface area (Å²) in [6, 6.07) is 9.89. The average molecular weight is 390 g/mol. The summed E-state index contributed by atoms with van der Waals surface area (Å²) in [5, 5.41) is 5.36. The van der Waals surface area contributed by atoms with Gasteiger partial charge in [0.05, 0.1) is 24.1 Å². The lowest BCUT2D eigenvalue weighted by Gasteiger charge is -2.51. The molecule has 0 radical (unpaired) electrons. The van der Waals surface area contributed by atoms with E-state index in [9.17, 15) is 9.35 Å². The number of methoxy groups -OCH3 is 1. The van der Waals surface area contributed by atoms with Gasteiger partial charge in [-0.2, -0.15) is 0 Å². The predicted molar refractivity (Wildman–Crippen MR) is 109 cm³/mol. The van der Waals surface area contributed by atoms with Gasteiger partial charge in [-0.05, 0) is 36.4 Å². The van der Waals surface area contributed by atoms with Gasteiger partial charge in [0.25, 0.3) is 0 Å². The van der Waals surface area contributed by atoms with Crippen molar-refractivity contribution in [2.45, 2.75) is 5.37 Å². The zero-order valence-corrected chi connectivity index (χ0v) is 16.0. The fraction of sp³-hybridized carbons (Fsp3) is 0.136. The van der Waals surface area contributed by atoms with Crippen molar-refractivity contribution in [1.82, 2.24) is 5.01 Å². The van der Waals surface area contributed by atoms with E-state index in [0.717, 1.165) is 17.0 Å². The van der Waals surface area contributed by atoms with Crippen LogP contribution >= 0.6 is 0 Å². The first-order chi connectivity index (χ1) is 13.7. The van der Waals surface area contributed by atoms with Crippen LogP contribution in [0.2, 0.25) is 0 Å². The minimum atomic E-state index is -1.26. The third-order valence-electron chi connectivity index (χ3n) is 5.42. The van der Waals surface area contributed by atoms with Gasteiger partial charge in [-0.3, -0.25) is 5.01 Å². The van der Waals surface area contributed by atoms with Crippen LogP contribution < -0.4 is 5.01 Å². The molecule has 0 N–H and O–H groups in total. The van der Waals surface area contributed by atoms with Crippen LogP contribution in [0.1, 0.15) is 0 Å². The van der Waals surface area contributed by atoms with Crippen LogP contribution in [0.25, 0.3) is 0 Å².